The fraction of sp³-hybridized carbons (Fsp3) is 0.444. The molecule has 0 amide bonds. The molecule has 28 heavy (non-hydrogen) atoms. The average molecular weight is 386 g/mol. The predicted octanol–water partition coefficient (Wildman–Crippen LogP) is 1.77. The third kappa shape index (κ3) is 3.37. The minimum atomic E-state index is -2.47. The number of aromatic nitrogens is 5. The number of methoxy groups -OCH3 is 1. The molecular formula is C18H21N7O3. The van der Waals surface area contributed by atoms with Gasteiger partial charge in [-0.15, -0.1) is 5.10 Å². The molecule has 3 aromatic rings. The zero-order valence-corrected chi connectivity index (χ0v) is 15.4. The summed E-state index contributed by atoms with van der Waals surface area (Å²) < 4.78 is 41.5. The molecule has 4 heterocycles. The molecule has 146 valence electrons. The smallest absolute Gasteiger partial charge is 0.257 e. The Bertz CT molecular complexity index is 1130. The highest BCUT2D eigenvalue weighted by Gasteiger charge is 2.23. The van der Waals surface area contributed by atoms with Gasteiger partial charge in [-0.25, -0.2) is 4.98 Å². The first kappa shape index (κ1) is 14.8. The molecule has 0 aromatic carbocycles. The lowest BCUT2D eigenvalue weighted by Crippen LogP contribution is -2.38. The quantitative estimate of drug-likeness (QED) is 0.654. The molecule has 4 rings (SSSR count). The molecule has 10 heteroatoms. The van der Waals surface area contributed by atoms with Crippen molar-refractivity contribution < 1.29 is 18.3 Å². The van der Waals surface area contributed by atoms with Crippen molar-refractivity contribution >= 4 is 22.7 Å². The van der Waals surface area contributed by atoms with Crippen LogP contribution in [0.3, 0.4) is 0 Å². The monoisotopic (exact) mass is 386 g/mol. The van der Waals surface area contributed by atoms with Gasteiger partial charge in [-0.3, -0.25) is 4.68 Å². The maximum Gasteiger partial charge on any atom is 0.257 e. The summed E-state index contributed by atoms with van der Waals surface area (Å²) in [6.45, 7) is 0.670. The fourth-order valence-corrected chi connectivity index (χ4v) is 3.01. The Morgan fingerprint density at radius 1 is 1.54 bits per heavy atom. The summed E-state index contributed by atoms with van der Waals surface area (Å²) in [4.78, 5) is 8.83. The number of ether oxygens (including phenoxy) is 3. The molecule has 3 aromatic heterocycles. The van der Waals surface area contributed by atoms with E-state index in [0.717, 1.165) is 4.68 Å². The highest BCUT2D eigenvalue weighted by atomic mass is 16.6. The number of nitrogens with one attached hydrogen (secondary N) is 1. The maximum atomic E-state index is 9.50. The normalized spacial score (nSPS) is 17.2. The average Bonchev–Trinajstić information content (AvgIpc) is 3.25. The Hall–Kier alpha value is -3.16. The Morgan fingerprint density at radius 2 is 2.39 bits per heavy atom. The van der Waals surface area contributed by atoms with Crippen molar-refractivity contribution in [2.75, 3.05) is 32.2 Å². The highest BCUT2D eigenvalue weighted by molar-refractivity contribution is 5.79. The Kier molecular flexibility index (Phi) is 3.95. The van der Waals surface area contributed by atoms with E-state index >= 15 is 0 Å². The Morgan fingerprint density at radius 3 is 3.07 bits per heavy atom. The van der Waals surface area contributed by atoms with Gasteiger partial charge in [-0.1, -0.05) is 0 Å². The topological polar surface area (TPSA) is 112 Å². The predicted molar refractivity (Wildman–Crippen MR) is 101 cm³/mol. The van der Waals surface area contributed by atoms with Gasteiger partial charge in [0.2, 0.25) is 5.95 Å². The lowest BCUT2D eigenvalue weighted by molar-refractivity contribution is -0.0812. The van der Waals surface area contributed by atoms with E-state index < -0.39 is 6.98 Å². The molecule has 0 saturated carbocycles. The Labute approximate surface area is 165 Å². The van der Waals surface area contributed by atoms with E-state index in [9.17, 15) is 5.26 Å². The van der Waals surface area contributed by atoms with E-state index in [1.807, 2.05) is 6.92 Å². The number of hydrogen-bond donors (Lipinski definition) is 1. The summed E-state index contributed by atoms with van der Waals surface area (Å²) in [7, 11) is 1.59. The standard InChI is InChI=1S/C18H21N7O3/c1-11(8-26-3)25-13(5-19)4-12-6-20-18(22-16(12)25)21-15-7-24(2)23-17(15)28-14-9-27-10-14/h4,6-7,11,14H,8-10H2,1-3H3,(H,20,21,22)/t11-/m0/s1/i2D3. The molecule has 0 aliphatic carbocycles. The number of rotatable bonds is 7. The van der Waals surface area contributed by atoms with Crippen molar-refractivity contribution in [1.29, 1.82) is 5.26 Å². The lowest BCUT2D eigenvalue weighted by Gasteiger charge is -2.25. The van der Waals surface area contributed by atoms with Gasteiger partial charge in [-0.05, 0) is 13.0 Å². The summed E-state index contributed by atoms with van der Waals surface area (Å²) in [5, 5.41) is 17.2. The number of anilines is 2. The maximum absolute atomic E-state index is 9.50. The molecule has 1 aliphatic rings. The van der Waals surface area contributed by atoms with Crippen molar-refractivity contribution in [1.82, 2.24) is 24.3 Å². The molecule has 1 atom stereocenters. The third-order valence-corrected chi connectivity index (χ3v) is 4.35. The van der Waals surface area contributed by atoms with Gasteiger partial charge in [0.05, 0.1) is 32.1 Å². The van der Waals surface area contributed by atoms with E-state index in [2.05, 4.69) is 26.5 Å². The van der Waals surface area contributed by atoms with Gasteiger partial charge >= 0.3 is 0 Å². The summed E-state index contributed by atoms with van der Waals surface area (Å²) in [5.74, 6) is 0.328. The molecule has 1 aliphatic heterocycles. The lowest BCUT2D eigenvalue weighted by atomic mass is 10.3. The first-order valence-electron chi connectivity index (χ1n) is 10.2. The zero-order chi connectivity index (χ0) is 22.2. The molecule has 1 fully saturated rings. The third-order valence-electron chi connectivity index (χ3n) is 4.35. The summed E-state index contributed by atoms with van der Waals surface area (Å²) >= 11 is 0. The van der Waals surface area contributed by atoms with Crippen molar-refractivity contribution in [3.8, 4) is 11.9 Å². The van der Waals surface area contributed by atoms with Crippen LogP contribution in [0.5, 0.6) is 5.88 Å². The summed E-state index contributed by atoms with van der Waals surface area (Å²) in [6, 6.07) is 3.75. The second kappa shape index (κ2) is 7.46. The van der Waals surface area contributed by atoms with Crippen LogP contribution in [0.15, 0.2) is 18.5 Å². The van der Waals surface area contributed by atoms with Crippen LogP contribution < -0.4 is 10.1 Å². The molecule has 1 saturated heterocycles. The van der Waals surface area contributed by atoms with E-state index in [1.54, 1.807) is 23.9 Å². The van der Waals surface area contributed by atoms with Crippen LogP contribution in [-0.2, 0) is 16.4 Å². The number of fused-ring (bicyclic) bond motifs is 1. The van der Waals surface area contributed by atoms with E-state index in [1.165, 1.54) is 6.20 Å². The molecular weight excluding hydrogens is 362 g/mol. The SMILES string of the molecule is [2H]C([2H])([2H])n1cc(Nc2ncc3cc(C#N)n([C@@H](C)COC)c3n2)c(OC2COC2)n1. The number of hydrogen-bond acceptors (Lipinski definition) is 8. The molecule has 0 bridgehead atoms. The molecule has 0 unspecified atom stereocenters. The Balaban J connectivity index is 1.70. The van der Waals surface area contributed by atoms with Crippen LogP contribution in [0, 0.1) is 11.3 Å². The second-order valence-electron chi connectivity index (χ2n) is 6.48. The van der Waals surface area contributed by atoms with Crippen LogP contribution in [0.1, 0.15) is 22.8 Å². The van der Waals surface area contributed by atoms with Crippen molar-refractivity contribution in [2.45, 2.75) is 19.1 Å². The van der Waals surface area contributed by atoms with Crippen LogP contribution in [0.4, 0.5) is 11.6 Å². The van der Waals surface area contributed by atoms with E-state index in [0.29, 0.717) is 42.2 Å². The van der Waals surface area contributed by atoms with Gasteiger partial charge in [0.15, 0.2) is 0 Å². The summed E-state index contributed by atoms with van der Waals surface area (Å²) in [5.41, 5.74) is 1.30. The molecule has 0 radical (unpaired) electrons. The zero-order valence-electron chi connectivity index (χ0n) is 18.4. The van der Waals surface area contributed by atoms with Gasteiger partial charge in [-0.2, -0.15) is 10.2 Å². The van der Waals surface area contributed by atoms with Crippen LogP contribution in [0.2, 0.25) is 0 Å². The highest BCUT2D eigenvalue weighted by Crippen LogP contribution is 2.28. The minimum Gasteiger partial charge on any atom is -0.467 e. The van der Waals surface area contributed by atoms with Crippen LogP contribution in [-0.4, -0.2) is 57.3 Å². The second-order valence-corrected chi connectivity index (χ2v) is 6.48. The van der Waals surface area contributed by atoms with Crippen molar-refractivity contribution in [3.05, 3.63) is 24.2 Å². The summed E-state index contributed by atoms with van der Waals surface area (Å²) in [6.07, 6.45) is 2.72. The molecule has 10 nitrogen and oxygen atoms in total. The fourth-order valence-electron chi connectivity index (χ4n) is 3.01. The van der Waals surface area contributed by atoms with E-state index in [-0.39, 0.29) is 24.0 Å². The number of aryl methyl sites for hydroxylation is 1. The van der Waals surface area contributed by atoms with Gasteiger partial charge < -0.3 is 24.1 Å². The number of nitrogens with zero attached hydrogens (tertiary/aromatic N) is 6. The largest absolute Gasteiger partial charge is 0.467 e. The number of nitriles is 1. The van der Waals surface area contributed by atoms with Crippen molar-refractivity contribution in [2.24, 2.45) is 6.98 Å². The first-order valence-corrected chi connectivity index (χ1v) is 8.68. The first-order chi connectivity index (χ1) is 14.8. The van der Waals surface area contributed by atoms with Gasteiger partial charge in [0.1, 0.15) is 29.2 Å². The van der Waals surface area contributed by atoms with Gasteiger partial charge in [0, 0.05) is 29.8 Å². The molecule has 1 N–H and O–H groups in total. The van der Waals surface area contributed by atoms with Crippen molar-refractivity contribution in [3.63, 3.8) is 0 Å². The van der Waals surface area contributed by atoms with Gasteiger partial charge in [0.25, 0.3) is 5.88 Å². The molecule has 0 spiro atoms. The van der Waals surface area contributed by atoms with Crippen LogP contribution >= 0.6 is 0 Å². The minimum absolute atomic E-state index is 0.119. The van der Waals surface area contributed by atoms with Crippen LogP contribution in [0.25, 0.3) is 11.0 Å². The van der Waals surface area contributed by atoms with E-state index in [4.69, 9.17) is 18.3 Å².